The molecule has 6 nitrogen and oxygen atoms in total. The van der Waals surface area contributed by atoms with Crippen LogP contribution in [0, 0.1) is 11.3 Å². The van der Waals surface area contributed by atoms with E-state index in [1.165, 1.54) is 0 Å². The molecule has 1 aromatic heterocycles. The van der Waals surface area contributed by atoms with Crippen molar-refractivity contribution in [2.24, 2.45) is 5.92 Å². The molecule has 1 aliphatic carbocycles. The molecule has 1 amide bonds. The fourth-order valence-corrected chi connectivity index (χ4v) is 2.83. The topological polar surface area (TPSA) is 91.0 Å². The summed E-state index contributed by atoms with van der Waals surface area (Å²) in [6, 6.07) is 17.5. The third kappa shape index (κ3) is 2.86. The van der Waals surface area contributed by atoms with Gasteiger partial charge in [-0.15, -0.1) is 0 Å². The Hall–Kier alpha value is -3.15. The minimum atomic E-state index is -0.155. The molecular weight excluding hydrogens is 304 g/mol. The van der Waals surface area contributed by atoms with Crippen LogP contribution in [0.25, 0.3) is 11.1 Å². The number of guanidine groups is 1. The standard InChI is InChI=1S/C18H16N4O2/c19-17(22-18-20-14-8-4-5-9-15(14)24-18)21-16(23)13-10-12(13)11-6-2-1-3-7-11/h1-9,12-13H,10H2,(H3,19,20,21,22,23)/t12-,13?/m1/s1. The van der Waals surface area contributed by atoms with Gasteiger partial charge in [0, 0.05) is 5.92 Å². The second kappa shape index (κ2) is 5.81. The maximum absolute atomic E-state index is 12.2. The van der Waals surface area contributed by atoms with Crippen LogP contribution in [0.2, 0.25) is 0 Å². The molecule has 1 aliphatic rings. The molecule has 1 heterocycles. The summed E-state index contributed by atoms with van der Waals surface area (Å²) in [5.74, 6) is -0.135. The van der Waals surface area contributed by atoms with Crippen molar-refractivity contribution in [3.05, 3.63) is 60.2 Å². The summed E-state index contributed by atoms with van der Waals surface area (Å²) < 4.78 is 5.47. The summed E-state index contributed by atoms with van der Waals surface area (Å²) >= 11 is 0. The van der Waals surface area contributed by atoms with Crippen LogP contribution in [0.4, 0.5) is 6.01 Å². The van der Waals surface area contributed by atoms with Crippen molar-refractivity contribution >= 4 is 29.0 Å². The van der Waals surface area contributed by atoms with Crippen LogP contribution >= 0.6 is 0 Å². The fraction of sp³-hybridized carbons (Fsp3) is 0.167. The van der Waals surface area contributed by atoms with Gasteiger partial charge >= 0.3 is 6.01 Å². The number of aromatic nitrogens is 1. The number of amides is 1. The Morgan fingerprint density at radius 1 is 1.12 bits per heavy atom. The lowest BCUT2D eigenvalue weighted by Crippen LogP contribution is -2.36. The van der Waals surface area contributed by atoms with Gasteiger partial charge in [0.15, 0.2) is 5.58 Å². The zero-order valence-corrected chi connectivity index (χ0v) is 12.8. The number of rotatable bonds is 3. The van der Waals surface area contributed by atoms with Crippen molar-refractivity contribution in [1.82, 2.24) is 10.3 Å². The zero-order valence-electron chi connectivity index (χ0n) is 12.8. The van der Waals surface area contributed by atoms with Crippen molar-refractivity contribution in [1.29, 1.82) is 5.41 Å². The molecule has 6 heteroatoms. The number of carbonyl (C=O) groups is 1. The van der Waals surface area contributed by atoms with Gasteiger partial charge in [-0.3, -0.25) is 20.8 Å². The molecule has 3 aromatic rings. The van der Waals surface area contributed by atoms with Crippen LogP contribution in [-0.2, 0) is 4.79 Å². The molecule has 0 spiro atoms. The highest BCUT2D eigenvalue weighted by atomic mass is 16.4. The summed E-state index contributed by atoms with van der Waals surface area (Å²) in [5, 5.41) is 13.1. The highest BCUT2D eigenvalue weighted by Crippen LogP contribution is 2.47. The number of hydrogen-bond acceptors (Lipinski definition) is 4. The summed E-state index contributed by atoms with van der Waals surface area (Å²) in [4.78, 5) is 16.4. The van der Waals surface area contributed by atoms with E-state index in [1.54, 1.807) is 6.07 Å². The first-order valence-corrected chi connectivity index (χ1v) is 7.77. The van der Waals surface area contributed by atoms with E-state index in [-0.39, 0.29) is 29.7 Å². The fourth-order valence-electron chi connectivity index (χ4n) is 2.83. The van der Waals surface area contributed by atoms with E-state index in [0.29, 0.717) is 11.1 Å². The van der Waals surface area contributed by atoms with E-state index in [4.69, 9.17) is 9.83 Å². The van der Waals surface area contributed by atoms with Crippen molar-refractivity contribution in [3.8, 4) is 0 Å². The summed E-state index contributed by atoms with van der Waals surface area (Å²) in [7, 11) is 0. The van der Waals surface area contributed by atoms with Crippen LogP contribution in [0.1, 0.15) is 17.9 Å². The number of anilines is 1. The SMILES string of the molecule is N=C(NC(=O)C1C[C@@H]1c1ccccc1)Nc1nc2ccccc2o1. The predicted octanol–water partition coefficient (Wildman–Crippen LogP) is 3.09. The van der Waals surface area contributed by atoms with Gasteiger partial charge in [0.05, 0.1) is 0 Å². The lowest BCUT2D eigenvalue weighted by Gasteiger charge is -2.06. The Balaban J connectivity index is 1.35. The van der Waals surface area contributed by atoms with Gasteiger partial charge in [-0.1, -0.05) is 42.5 Å². The second-order valence-corrected chi connectivity index (χ2v) is 5.84. The molecule has 0 bridgehead atoms. The first kappa shape index (κ1) is 14.4. The highest BCUT2D eigenvalue weighted by molar-refractivity contribution is 6.03. The molecule has 0 aliphatic heterocycles. The van der Waals surface area contributed by atoms with E-state index < -0.39 is 0 Å². The monoisotopic (exact) mass is 320 g/mol. The van der Waals surface area contributed by atoms with Gasteiger partial charge in [0.1, 0.15) is 5.52 Å². The number of oxazole rings is 1. The van der Waals surface area contributed by atoms with E-state index in [0.717, 1.165) is 12.0 Å². The highest BCUT2D eigenvalue weighted by Gasteiger charge is 2.44. The Morgan fingerprint density at radius 2 is 1.88 bits per heavy atom. The first-order chi connectivity index (χ1) is 11.7. The summed E-state index contributed by atoms with van der Waals surface area (Å²) in [6.07, 6.45) is 0.812. The Bertz CT molecular complexity index is 871. The van der Waals surface area contributed by atoms with E-state index in [1.807, 2.05) is 48.5 Å². The van der Waals surface area contributed by atoms with Crippen molar-refractivity contribution < 1.29 is 9.21 Å². The number of benzene rings is 2. The minimum absolute atomic E-state index is 0.0850. The number of carbonyl (C=O) groups excluding carboxylic acids is 1. The number of para-hydroxylation sites is 2. The van der Waals surface area contributed by atoms with Crippen LogP contribution in [-0.4, -0.2) is 16.9 Å². The maximum Gasteiger partial charge on any atom is 0.302 e. The van der Waals surface area contributed by atoms with Crippen molar-refractivity contribution in [2.45, 2.75) is 12.3 Å². The Morgan fingerprint density at radius 3 is 2.67 bits per heavy atom. The zero-order chi connectivity index (χ0) is 16.5. The second-order valence-electron chi connectivity index (χ2n) is 5.84. The summed E-state index contributed by atoms with van der Waals surface area (Å²) in [5.41, 5.74) is 2.49. The molecule has 3 N–H and O–H groups in total. The van der Waals surface area contributed by atoms with Gasteiger partial charge in [0.2, 0.25) is 11.9 Å². The average Bonchev–Trinajstić information content (AvgIpc) is 3.29. The third-order valence-electron chi connectivity index (χ3n) is 4.13. The van der Waals surface area contributed by atoms with Gasteiger partial charge in [-0.25, -0.2) is 0 Å². The van der Waals surface area contributed by atoms with Gasteiger partial charge in [-0.05, 0) is 30.0 Å². The van der Waals surface area contributed by atoms with Gasteiger partial charge < -0.3 is 4.42 Å². The minimum Gasteiger partial charge on any atom is -0.423 e. The molecule has 24 heavy (non-hydrogen) atoms. The number of hydrogen-bond donors (Lipinski definition) is 3. The molecule has 120 valence electrons. The Labute approximate surface area is 138 Å². The normalized spacial score (nSPS) is 19.0. The van der Waals surface area contributed by atoms with E-state index in [2.05, 4.69) is 15.6 Å². The average molecular weight is 320 g/mol. The van der Waals surface area contributed by atoms with Gasteiger partial charge in [-0.2, -0.15) is 4.98 Å². The number of fused-ring (bicyclic) bond motifs is 1. The molecule has 1 fully saturated rings. The number of nitrogens with one attached hydrogen (secondary N) is 3. The Kier molecular flexibility index (Phi) is 3.49. The van der Waals surface area contributed by atoms with Crippen LogP contribution < -0.4 is 10.6 Å². The predicted molar refractivity (Wildman–Crippen MR) is 90.8 cm³/mol. The van der Waals surface area contributed by atoms with Crippen molar-refractivity contribution in [2.75, 3.05) is 5.32 Å². The molecule has 1 saturated carbocycles. The van der Waals surface area contributed by atoms with Crippen LogP contribution in [0.5, 0.6) is 0 Å². The summed E-state index contributed by atoms with van der Waals surface area (Å²) in [6.45, 7) is 0. The van der Waals surface area contributed by atoms with E-state index in [9.17, 15) is 4.79 Å². The largest absolute Gasteiger partial charge is 0.423 e. The molecule has 2 atom stereocenters. The van der Waals surface area contributed by atoms with Crippen LogP contribution in [0.3, 0.4) is 0 Å². The molecular formula is C18H16N4O2. The lowest BCUT2D eigenvalue weighted by atomic mass is 10.1. The van der Waals surface area contributed by atoms with Crippen molar-refractivity contribution in [3.63, 3.8) is 0 Å². The molecule has 4 rings (SSSR count). The number of nitrogens with zero attached hydrogens (tertiary/aromatic N) is 1. The lowest BCUT2D eigenvalue weighted by molar-refractivity contribution is -0.121. The smallest absolute Gasteiger partial charge is 0.302 e. The molecule has 2 aromatic carbocycles. The van der Waals surface area contributed by atoms with Crippen LogP contribution in [0.15, 0.2) is 59.0 Å². The maximum atomic E-state index is 12.2. The molecule has 0 saturated heterocycles. The van der Waals surface area contributed by atoms with Gasteiger partial charge in [0.25, 0.3) is 0 Å². The first-order valence-electron chi connectivity index (χ1n) is 7.77. The third-order valence-corrected chi connectivity index (χ3v) is 4.13. The quantitative estimate of drug-likeness (QED) is 0.511. The van der Waals surface area contributed by atoms with E-state index >= 15 is 0 Å². The molecule has 0 radical (unpaired) electrons. The molecule has 1 unspecified atom stereocenters.